The first-order valence-corrected chi connectivity index (χ1v) is 8.33. The van der Waals surface area contributed by atoms with Gasteiger partial charge in [-0.3, -0.25) is 11.3 Å². The highest BCUT2D eigenvalue weighted by atomic mass is 16.5. The molecule has 4 nitrogen and oxygen atoms in total. The highest BCUT2D eigenvalue weighted by Gasteiger charge is 2.42. The highest BCUT2D eigenvalue weighted by molar-refractivity contribution is 5.01. The molecule has 0 bridgehead atoms. The monoisotopic (exact) mass is 283 g/mol. The molecular weight excluding hydrogens is 250 g/mol. The third kappa shape index (κ3) is 3.53. The molecule has 0 aromatic heterocycles. The molecule has 0 radical (unpaired) electrons. The fourth-order valence-electron chi connectivity index (χ4n) is 4.10. The van der Waals surface area contributed by atoms with Gasteiger partial charge in [0.1, 0.15) is 0 Å². The summed E-state index contributed by atoms with van der Waals surface area (Å²) in [6.07, 6.45) is 10.3. The van der Waals surface area contributed by atoms with Gasteiger partial charge in [-0.15, -0.1) is 0 Å². The lowest BCUT2D eigenvalue weighted by molar-refractivity contribution is 0.0306. The molecule has 0 amide bonds. The van der Waals surface area contributed by atoms with Crippen molar-refractivity contribution < 1.29 is 4.74 Å². The molecule has 2 atom stereocenters. The zero-order valence-corrected chi connectivity index (χ0v) is 13.5. The maximum Gasteiger partial charge on any atom is 0.0576 e. The molecule has 1 heterocycles. The number of ether oxygens (including phenoxy) is 1. The first-order chi connectivity index (χ1) is 9.58. The summed E-state index contributed by atoms with van der Waals surface area (Å²) in [5.74, 6) is 6.79. The molecule has 4 heteroatoms. The molecule has 1 saturated heterocycles. The Hall–Kier alpha value is -0.160. The minimum atomic E-state index is 0.222. The zero-order valence-electron chi connectivity index (χ0n) is 13.5. The van der Waals surface area contributed by atoms with Crippen LogP contribution in [-0.2, 0) is 4.74 Å². The molecule has 2 rings (SSSR count). The van der Waals surface area contributed by atoms with E-state index in [4.69, 9.17) is 10.6 Å². The molecular formula is C16H33N3O. The molecule has 0 aromatic carbocycles. The van der Waals surface area contributed by atoms with Crippen LogP contribution in [0.25, 0.3) is 0 Å². The van der Waals surface area contributed by atoms with Crippen LogP contribution in [-0.4, -0.2) is 43.3 Å². The fraction of sp³-hybridized carbons (Fsp3) is 1.00. The van der Waals surface area contributed by atoms with Gasteiger partial charge in [-0.2, -0.15) is 0 Å². The fourth-order valence-corrected chi connectivity index (χ4v) is 4.10. The number of hydrogen-bond donors (Lipinski definition) is 2. The Balaban J connectivity index is 1.97. The lowest BCUT2D eigenvalue weighted by Crippen LogP contribution is -2.62. The third-order valence-electron chi connectivity index (χ3n) is 5.68. The Kier molecular flexibility index (Phi) is 5.84. The first kappa shape index (κ1) is 16.2. The van der Waals surface area contributed by atoms with Crippen LogP contribution in [0.5, 0.6) is 0 Å². The summed E-state index contributed by atoms with van der Waals surface area (Å²) in [4.78, 5) is 2.42. The van der Waals surface area contributed by atoms with Gasteiger partial charge in [-0.1, -0.05) is 6.92 Å². The van der Waals surface area contributed by atoms with E-state index in [0.717, 1.165) is 25.4 Å². The molecule has 1 aliphatic heterocycles. The number of rotatable bonds is 6. The molecule has 3 N–H and O–H groups in total. The summed E-state index contributed by atoms with van der Waals surface area (Å²) in [7, 11) is 4.43. The van der Waals surface area contributed by atoms with Gasteiger partial charge in [0.25, 0.3) is 0 Å². The first-order valence-electron chi connectivity index (χ1n) is 8.33. The Bertz CT molecular complexity index is 281. The van der Waals surface area contributed by atoms with E-state index in [0.29, 0.717) is 12.1 Å². The summed E-state index contributed by atoms with van der Waals surface area (Å²) in [5, 5.41) is 0. The highest BCUT2D eigenvalue weighted by Crippen LogP contribution is 2.39. The van der Waals surface area contributed by atoms with Gasteiger partial charge >= 0.3 is 0 Å². The van der Waals surface area contributed by atoms with Gasteiger partial charge in [0, 0.05) is 18.2 Å². The van der Waals surface area contributed by atoms with Crippen molar-refractivity contribution in [3.63, 3.8) is 0 Å². The van der Waals surface area contributed by atoms with E-state index in [2.05, 4.69) is 31.3 Å². The van der Waals surface area contributed by atoms with Crippen molar-refractivity contribution in [2.75, 3.05) is 20.7 Å². The molecule has 20 heavy (non-hydrogen) atoms. The number of likely N-dealkylation sites (N-methyl/N-ethyl adjacent to an activating group) is 1. The van der Waals surface area contributed by atoms with Gasteiger partial charge in [-0.25, -0.2) is 0 Å². The van der Waals surface area contributed by atoms with Gasteiger partial charge in [0.05, 0.1) is 6.10 Å². The lowest BCUT2D eigenvalue weighted by Gasteiger charge is -2.49. The van der Waals surface area contributed by atoms with Crippen LogP contribution < -0.4 is 11.3 Å². The van der Waals surface area contributed by atoms with Crippen LogP contribution in [0.2, 0.25) is 0 Å². The number of hydrazine groups is 1. The molecule has 0 aromatic rings. The summed E-state index contributed by atoms with van der Waals surface area (Å²) in [6.45, 7) is 3.32. The topological polar surface area (TPSA) is 50.5 Å². The summed E-state index contributed by atoms with van der Waals surface area (Å²) in [6, 6.07) is 0.370. The normalized spacial score (nSPS) is 36.5. The average Bonchev–Trinajstić information content (AvgIpc) is 2.94. The zero-order chi connectivity index (χ0) is 14.6. The summed E-state index contributed by atoms with van der Waals surface area (Å²) >= 11 is 0. The van der Waals surface area contributed by atoms with Crippen LogP contribution in [0.1, 0.15) is 58.3 Å². The number of nitrogens with zero attached hydrogens (tertiary/aromatic N) is 1. The van der Waals surface area contributed by atoms with Crippen molar-refractivity contribution in [2.24, 2.45) is 11.8 Å². The molecule has 118 valence electrons. The van der Waals surface area contributed by atoms with Gasteiger partial charge in [-0.05, 0) is 71.4 Å². The number of nitrogens with one attached hydrogen (secondary N) is 1. The predicted molar refractivity (Wildman–Crippen MR) is 83.4 cm³/mol. The van der Waals surface area contributed by atoms with Crippen molar-refractivity contribution in [3.8, 4) is 0 Å². The Morgan fingerprint density at radius 2 is 2.00 bits per heavy atom. The Labute approximate surface area is 124 Å². The van der Waals surface area contributed by atoms with Crippen LogP contribution in [0.4, 0.5) is 0 Å². The summed E-state index contributed by atoms with van der Waals surface area (Å²) < 4.78 is 5.76. The average molecular weight is 283 g/mol. The van der Waals surface area contributed by atoms with Gasteiger partial charge < -0.3 is 9.64 Å². The van der Waals surface area contributed by atoms with Crippen LogP contribution in [0.15, 0.2) is 0 Å². The van der Waals surface area contributed by atoms with Crippen molar-refractivity contribution in [2.45, 2.75) is 76.0 Å². The van der Waals surface area contributed by atoms with Crippen molar-refractivity contribution >= 4 is 0 Å². The Morgan fingerprint density at radius 3 is 2.50 bits per heavy atom. The maximum absolute atomic E-state index is 5.93. The maximum atomic E-state index is 5.93. The van der Waals surface area contributed by atoms with Crippen LogP contribution >= 0.6 is 0 Å². The van der Waals surface area contributed by atoms with E-state index >= 15 is 0 Å². The molecule has 1 aliphatic carbocycles. The van der Waals surface area contributed by atoms with Gasteiger partial charge in [0.15, 0.2) is 0 Å². The second-order valence-corrected chi connectivity index (χ2v) is 7.11. The van der Waals surface area contributed by atoms with E-state index in [1.54, 1.807) is 0 Å². The quantitative estimate of drug-likeness (QED) is 0.580. The molecule has 0 spiro atoms. The van der Waals surface area contributed by atoms with Crippen LogP contribution in [0, 0.1) is 5.92 Å². The van der Waals surface area contributed by atoms with Crippen LogP contribution in [0.3, 0.4) is 0 Å². The summed E-state index contributed by atoms with van der Waals surface area (Å²) in [5.41, 5.74) is 3.36. The van der Waals surface area contributed by atoms with E-state index in [1.807, 2.05) is 0 Å². The van der Waals surface area contributed by atoms with E-state index in [-0.39, 0.29) is 5.54 Å². The lowest BCUT2D eigenvalue weighted by atomic mass is 9.71. The molecule has 2 unspecified atom stereocenters. The second-order valence-electron chi connectivity index (χ2n) is 7.11. The van der Waals surface area contributed by atoms with E-state index < -0.39 is 0 Å². The largest absolute Gasteiger partial charge is 0.378 e. The van der Waals surface area contributed by atoms with Crippen molar-refractivity contribution in [1.82, 2.24) is 10.3 Å². The van der Waals surface area contributed by atoms with E-state index in [9.17, 15) is 0 Å². The van der Waals surface area contributed by atoms with E-state index in [1.165, 1.54) is 38.5 Å². The van der Waals surface area contributed by atoms with Crippen molar-refractivity contribution in [3.05, 3.63) is 0 Å². The van der Waals surface area contributed by atoms with Crippen molar-refractivity contribution in [1.29, 1.82) is 0 Å². The number of nitrogens with two attached hydrogens (primary N) is 1. The smallest absolute Gasteiger partial charge is 0.0576 e. The van der Waals surface area contributed by atoms with Gasteiger partial charge in [0.2, 0.25) is 0 Å². The minimum absolute atomic E-state index is 0.222. The predicted octanol–water partition coefficient (Wildman–Crippen LogP) is 2.29. The molecule has 1 saturated carbocycles. The second kappa shape index (κ2) is 7.21. The molecule has 2 aliphatic rings. The number of hydrogen-bond acceptors (Lipinski definition) is 4. The SMILES string of the molecule is CC1CCC(C(CCC2CCCO2)NN)(N(C)C)CC1. The Morgan fingerprint density at radius 1 is 1.30 bits per heavy atom. The third-order valence-corrected chi connectivity index (χ3v) is 5.68. The molecule has 2 fully saturated rings. The minimum Gasteiger partial charge on any atom is -0.378 e. The standard InChI is InChI=1S/C16H33N3O/c1-13-8-10-16(11-9-13,19(2)3)15(18-17)7-6-14-5-4-12-20-14/h13-15,18H,4-12,17H2,1-3H3.